The summed E-state index contributed by atoms with van der Waals surface area (Å²) in [7, 11) is 0. The third-order valence-electron chi connectivity index (χ3n) is 2.42. The molecule has 0 saturated carbocycles. The van der Waals surface area contributed by atoms with E-state index in [1.807, 2.05) is 38.1 Å². The van der Waals surface area contributed by atoms with Gasteiger partial charge in [0.25, 0.3) is 0 Å². The third kappa shape index (κ3) is 3.01. The van der Waals surface area contributed by atoms with Crippen molar-refractivity contribution in [3.8, 4) is 0 Å². The van der Waals surface area contributed by atoms with Crippen LogP contribution in [0, 0.1) is 13.8 Å². The molecule has 2 heterocycles. The summed E-state index contributed by atoms with van der Waals surface area (Å²) in [6.07, 6.45) is 1.76. The average molecular weight is 258 g/mol. The van der Waals surface area contributed by atoms with E-state index in [1.165, 1.54) is 0 Å². The van der Waals surface area contributed by atoms with Crippen LogP contribution >= 0.6 is 12.2 Å². The molecule has 0 unspecified atom stereocenters. The van der Waals surface area contributed by atoms with E-state index in [1.54, 1.807) is 6.20 Å². The summed E-state index contributed by atoms with van der Waals surface area (Å²) < 4.78 is 0. The highest BCUT2D eigenvalue weighted by Gasteiger charge is 2.03. The van der Waals surface area contributed by atoms with Crippen molar-refractivity contribution in [2.45, 2.75) is 13.8 Å². The van der Waals surface area contributed by atoms with E-state index in [0.29, 0.717) is 10.8 Å². The van der Waals surface area contributed by atoms with Gasteiger partial charge in [0.15, 0.2) is 0 Å². The number of pyridine rings is 2. The first-order valence-corrected chi connectivity index (χ1v) is 5.93. The molecule has 0 aromatic carbocycles. The Balaban J connectivity index is 2.28. The number of nitrogens with one attached hydrogen (secondary N) is 1. The first-order chi connectivity index (χ1) is 8.54. The molecule has 0 aliphatic heterocycles. The predicted molar refractivity (Wildman–Crippen MR) is 77.1 cm³/mol. The minimum absolute atomic E-state index is 0.366. The van der Waals surface area contributed by atoms with Crippen molar-refractivity contribution in [2.24, 2.45) is 5.73 Å². The number of nitrogens with zero attached hydrogens (tertiary/aromatic N) is 2. The zero-order chi connectivity index (χ0) is 13.1. The van der Waals surface area contributed by atoms with Crippen molar-refractivity contribution < 1.29 is 0 Å². The van der Waals surface area contributed by atoms with E-state index < -0.39 is 0 Å². The van der Waals surface area contributed by atoms with Crippen LogP contribution in [0.3, 0.4) is 0 Å². The Morgan fingerprint density at radius 3 is 2.61 bits per heavy atom. The molecule has 92 valence electrons. The van der Waals surface area contributed by atoms with E-state index in [-0.39, 0.29) is 0 Å². The third-order valence-corrected chi connectivity index (χ3v) is 2.66. The summed E-state index contributed by atoms with van der Waals surface area (Å²) in [6.45, 7) is 3.85. The highest BCUT2D eigenvalue weighted by atomic mass is 32.1. The Morgan fingerprint density at radius 1 is 1.22 bits per heavy atom. The van der Waals surface area contributed by atoms with Gasteiger partial charge in [-0.1, -0.05) is 12.2 Å². The fraction of sp³-hybridized carbons (Fsp3) is 0.154. The van der Waals surface area contributed by atoms with Crippen LogP contribution in [0.5, 0.6) is 0 Å². The molecule has 18 heavy (non-hydrogen) atoms. The number of hydrogen-bond donors (Lipinski definition) is 2. The molecule has 0 fully saturated rings. The Kier molecular flexibility index (Phi) is 3.53. The Labute approximate surface area is 111 Å². The van der Waals surface area contributed by atoms with E-state index in [9.17, 15) is 0 Å². The van der Waals surface area contributed by atoms with Crippen molar-refractivity contribution in [3.05, 3.63) is 47.4 Å². The van der Waals surface area contributed by atoms with E-state index in [2.05, 4.69) is 15.3 Å². The van der Waals surface area contributed by atoms with Crippen molar-refractivity contribution >= 4 is 28.7 Å². The molecule has 2 rings (SSSR count). The average Bonchev–Trinajstić information content (AvgIpc) is 2.31. The van der Waals surface area contributed by atoms with Gasteiger partial charge in [-0.25, -0.2) is 4.98 Å². The molecule has 0 aliphatic rings. The maximum Gasteiger partial charge on any atom is 0.131 e. The Morgan fingerprint density at radius 2 is 2.00 bits per heavy atom. The first-order valence-electron chi connectivity index (χ1n) is 5.53. The van der Waals surface area contributed by atoms with Gasteiger partial charge in [-0.3, -0.25) is 4.98 Å². The highest BCUT2D eigenvalue weighted by molar-refractivity contribution is 7.80. The number of hydrogen-bond acceptors (Lipinski definition) is 4. The molecule has 0 bridgehead atoms. The van der Waals surface area contributed by atoms with Gasteiger partial charge in [0, 0.05) is 17.0 Å². The van der Waals surface area contributed by atoms with Crippen molar-refractivity contribution in [1.29, 1.82) is 0 Å². The van der Waals surface area contributed by atoms with Gasteiger partial charge in [0.2, 0.25) is 0 Å². The van der Waals surface area contributed by atoms with Crippen LogP contribution in [-0.4, -0.2) is 15.0 Å². The van der Waals surface area contributed by atoms with E-state index in [4.69, 9.17) is 18.0 Å². The number of aryl methyl sites for hydroxylation is 2. The lowest BCUT2D eigenvalue weighted by atomic mass is 10.2. The zero-order valence-corrected chi connectivity index (χ0v) is 11.1. The van der Waals surface area contributed by atoms with Crippen molar-refractivity contribution in [3.63, 3.8) is 0 Å². The molecule has 0 saturated heterocycles. The minimum Gasteiger partial charge on any atom is -0.389 e. The van der Waals surface area contributed by atoms with Crippen LogP contribution in [-0.2, 0) is 0 Å². The second-order valence-corrected chi connectivity index (χ2v) is 4.50. The van der Waals surface area contributed by atoms with Gasteiger partial charge < -0.3 is 11.1 Å². The summed E-state index contributed by atoms with van der Waals surface area (Å²) in [6, 6.07) is 7.58. The van der Waals surface area contributed by atoms with Crippen LogP contribution in [0.15, 0.2) is 30.5 Å². The number of aromatic nitrogens is 2. The van der Waals surface area contributed by atoms with E-state index >= 15 is 0 Å². The smallest absolute Gasteiger partial charge is 0.131 e. The maximum atomic E-state index is 5.63. The molecule has 5 heteroatoms. The molecule has 0 amide bonds. The van der Waals surface area contributed by atoms with Gasteiger partial charge in [-0.05, 0) is 38.1 Å². The molecule has 0 aliphatic carbocycles. The van der Waals surface area contributed by atoms with Crippen LogP contribution < -0.4 is 11.1 Å². The van der Waals surface area contributed by atoms with Gasteiger partial charge in [-0.2, -0.15) is 0 Å². The second kappa shape index (κ2) is 5.10. The second-order valence-electron chi connectivity index (χ2n) is 4.06. The van der Waals surface area contributed by atoms with Crippen LogP contribution in [0.1, 0.15) is 17.0 Å². The number of rotatable bonds is 3. The van der Waals surface area contributed by atoms with E-state index in [0.717, 1.165) is 22.6 Å². The molecule has 2 aromatic heterocycles. The summed E-state index contributed by atoms with van der Waals surface area (Å²) in [5.41, 5.74) is 9.15. The highest BCUT2D eigenvalue weighted by Crippen LogP contribution is 2.16. The topological polar surface area (TPSA) is 63.8 Å². The largest absolute Gasteiger partial charge is 0.389 e. The molecule has 0 atom stereocenters. The van der Waals surface area contributed by atoms with Crippen molar-refractivity contribution in [1.82, 2.24) is 9.97 Å². The minimum atomic E-state index is 0.366. The van der Waals surface area contributed by atoms with Gasteiger partial charge in [0.05, 0.1) is 11.9 Å². The maximum absolute atomic E-state index is 5.63. The summed E-state index contributed by atoms with van der Waals surface area (Å²) in [5.74, 6) is 0.712. The SMILES string of the molecule is Cc1ccc(Nc2cc(C(N)=S)cc(C)n2)cn1. The molecular formula is C13H14N4S. The molecule has 4 nitrogen and oxygen atoms in total. The first kappa shape index (κ1) is 12.4. The van der Waals surface area contributed by atoms with Crippen LogP contribution in [0.2, 0.25) is 0 Å². The number of thiocarbonyl (C=S) groups is 1. The Hall–Kier alpha value is -2.01. The standard InChI is InChI=1S/C13H14N4S/c1-8-3-4-11(7-15-8)17-12-6-10(13(14)18)5-9(2)16-12/h3-7H,1-2H3,(H2,14,18)(H,16,17). The fourth-order valence-electron chi connectivity index (χ4n) is 1.56. The lowest BCUT2D eigenvalue weighted by Gasteiger charge is -2.08. The van der Waals surface area contributed by atoms with Gasteiger partial charge >= 0.3 is 0 Å². The number of nitrogens with two attached hydrogens (primary N) is 1. The normalized spacial score (nSPS) is 10.1. The van der Waals surface area contributed by atoms with Crippen molar-refractivity contribution in [2.75, 3.05) is 5.32 Å². The fourth-order valence-corrected chi connectivity index (χ4v) is 1.68. The zero-order valence-electron chi connectivity index (χ0n) is 10.3. The molecule has 0 radical (unpaired) electrons. The van der Waals surface area contributed by atoms with Gasteiger partial charge in [0.1, 0.15) is 10.8 Å². The Bertz CT molecular complexity index is 578. The monoisotopic (exact) mass is 258 g/mol. The number of anilines is 2. The van der Waals surface area contributed by atoms with Gasteiger partial charge in [-0.15, -0.1) is 0 Å². The van der Waals surface area contributed by atoms with Crippen LogP contribution in [0.4, 0.5) is 11.5 Å². The summed E-state index contributed by atoms with van der Waals surface area (Å²) in [5, 5.41) is 3.18. The summed E-state index contributed by atoms with van der Waals surface area (Å²) in [4.78, 5) is 8.96. The molecule has 0 spiro atoms. The molecule has 2 aromatic rings. The molecule has 3 N–H and O–H groups in total. The lowest BCUT2D eigenvalue weighted by Crippen LogP contribution is -2.10. The van der Waals surface area contributed by atoms with Crippen LogP contribution in [0.25, 0.3) is 0 Å². The summed E-state index contributed by atoms with van der Waals surface area (Å²) >= 11 is 4.97. The molecular weight excluding hydrogens is 244 g/mol. The quantitative estimate of drug-likeness (QED) is 0.828. The lowest BCUT2D eigenvalue weighted by molar-refractivity contribution is 1.17. The predicted octanol–water partition coefficient (Wildman–Crippen LogP) is 2.47.